The maximum atomic E-state index is 11.8. The normalized spacial score (nSPS) is 23.0. The van der Waals surface area contributed by atoms with Crippen molar-refractivity contribution >= 4 is 17.4 Å². The van der Waals surface area contributed by atoms with Gasteiger partial charge in [-0.05, 0) is 12.8 Å². The molecule has 1 aliphatic carbocycles. The van der Waals surface area contributed by atoms with Crippen LogP contribution in [0.15, 0.2) is 10.9 Å². The fraction of sp³-hybridized carbons (Fsp3) is 0.667. The van der Waals surface area contributed by atoms with Crippen LogP contribution in [-0.4, -0.2) is 40.7 Å². The van der Waals surface area contributed by atoms with Crippen LogP contribution < -0.4 is 5.32 Å². The molecule has 1 heterocycles. The number of rotatable bonds is 4. The number of aliphatic hydroxyl groups is 1. The van der Waals surface area contributed by atoms with Gasteiger partial charge in [0.2, 0.25) is 0 Å². The molecule has 2 atom stereocenters. The fourth-order valence-electron chi connectivity index (χ4n) is 2.29. The molecule has 100 valence electrons. The number of hydrogen-bond donors (Lipinski definition) is 2. The number of carbonyl (C=O) groups is 1. The van der Waals surface area contributed by atoms with Gasteiger partial charge in [-0.2, -0.15) is 0 Å². The van der Waals surface area contributed by atoms with E-state index in [-0.39, 0.29) is 18.1 Å². The van der Waals surface area contributed by atoms with Crippen molar-refractivity contribution in [1.82, 2.24) is 15.2 Å². The molecule has 0 saturated heterocycles. The molecule has 1 aromatic rings. The van der Waals surface area contributed by atoms with E-state index in [4.69, 9.17) is 0 Å². The molecule has 2 N–H and O–H groups in total. The molecule has 1 fully saturated rings. The van der Waals surface area contributed by atoms with Gasteiger partial charge in [-0.15, -0.1) is 11.3 Å². The van der Waals surface area contributed by atoms with Crippen molar-refractivity contribution in [1.29, 1.82) is 0 Å². The summed E-state index contributed by atoms with van der Waals surface area (Å²) >= 11 is 1.52. The summed E-state index contributed by atoms with van der Waals surface area (Å²) in [6.07, 6.45) is 2.67. The maximum Gasteiger partial charge on any atom is 0.317 e. The number of urea groups is 1. The lowest BCUT2D eigenvalue weighted by atomic mass is 10.1. The van der Waals surface area contributed by atoms with Crippen LogP contribution in [0.3, 0.4) is 0 Å². The largest absolute Gasteiger partial charge is 0.393 e. The summed E-state index contributed by atoms with van der Waals surface area (Å²) in [4.78, 5) is 17.6. The van der Waals surface area contributed by atoms with Crippen LogP contribution in [0, 0.1) is 5.92 Å². The Balaban J connectivity index is 1.74. The quantitative estimate of drug-likeness (QED) is 0.869. The smallest absolute Gasteiger partial charge is 0.317 e. The highest BCUT2D eigenvalue weighted by molar-refractivity contribution is 7.07. The highest BCUT2D eigenvalue weighted by atomic mass is 32.1. The Labute approximate surface area is 111 Å². The minimum atomic E-state index is -0.251. The predicted molar refractivity (Wildman–Crippen MR) is 70.3 cm³/mol. The molecule has 1 saturated carbocycles. The van der Waals surface area contributed by atoms with Gasteiger partial charge in [0.1, 0.15) is 0 Å². The van der Waals surface area contributed by atoms with Crippen molar-refractivity contribution in [3.63, 3.8) is 0 Å². The highest BCUT2D eigenvalue weighted by Gasteiger charge is 2.27. The van der Waals surface area contributed by atoms with Crippen molar-refractivity contribution in [3.8, 4) is 0 Å². The van der Waals surface area contributed by atoms with Crippen LogP contribution in [-0.2, 0) is 6.54 Å². The van der Waals surface area contributed by atoms with Crippen molar-refractivity contribution in [2.45, 2.75) is 31.9 Å². The number of aromatic nitrogens is 1. The summed E-state index contributed by atoms with van der Waals surface area (Å²) in [5, 5.41) is 14.5. The lowest BCUT2D eigenvalue weighted by molar-refractivity contribution is 0.114. The standard InChI is InChI=1S/C12H19N3O2S/c1-15(6-9-3-2-4-11(9)16)12(17)13-5-10-7-18-8-14-10/h7-9,11,16H,2-6H2,1H3,(H,13,17). The number of carbonyl (C=O) groups excluding carboxylic acids is 1. The molecule has 5 nitrogen and oxygen atoms in total. The van der Waals surface area contributed by atoms with Crippen LogP contribution >= 0.6 is 11.3 Å². The van der Waals surface area contributed by atoms with E-state index in [0.717, 1.165) is 25.0 Å². The summed E-state index contributed by atoms with van der Waals surface area (Å²) in [6, 6.07) is -0.109. The van der Waals surface area contributed by atoms with Gasteiger partial charge in [-0.3, -0.25) is 0 Å². The van der Waals surface area contributed by atoms with E-state index in [9.17, 15) is 9.90 Å². The van der Waals surface area contributed by atoms with Crippen molar-refractivity contribution < 1.29 is 9.90 Å². The van der Waals surface area contributed by atoms with Gasteiger partial charge in [0.15, 0.2) is 0 Å². The van der Waals surface area contributed by atoms with Gasteiger partial charge in [0.25, 0.3) is 0 Å². The molecule has 6 heteroatoms. The SMILES string of the molecule is CN(CC1CCCC1O)C(=O)NCc1cscn1. The monoisotopic (exact) mass is 269 g/mol. The summed E-state index contributed by atoms with van der Waals surface area (Å²) in [5.74, 6) is 0.222. The second kappa shape index (κ2) is 6.15. The Kier molecular flexibility index (Phi) is 4.54. The minimum Gasteiger partial charge on any atom is -0.393 e. The van der Waals surface area contributed by atoms with Gasteiger partial charge in [-0.25, -0.2) is 9.78 Å². The molecule has 1 aliphatic rings. The van der Waals surface area contributed by atoms with Crippen LogP contribution in [0.1, 0.15) is 25.0 Å². The van der Waals surface area contributed by atoms with Crippen molar-refractivity contribution in [2.24, 2.45) is 5.92 Å². The number of hydrogen-bond acceptors (Lipinski definition) is 4. The molecule has 2 amide bonds. The van der Waals surface area contributed by atoms with Crippen LogP contribution in [0.5, 0.6) is 0 Å². The number of thiazole rings is 1. The average molecular weight is 269 g/mol. The van der Waals surface area contributed by atoms with Crippen LogP contribution in [0.2, 0.25) is 0 Å². The summed E-state index contributed by atoms with van der Waals surface area (Å²) in [5.41, 5.74) is 2.63. The topological polar surface area (TPSA) is 65.5 Å². The lowest BCUT2D eigenvalue weighted by Crippen LogP contribution is -2.40. The third-order valence-corrected chi connectivity index (χ3v) is 4.01. The zero-order valence-corrected chi connectivity index (χ0v) is 11.3. The van der Waals surface area contributed by atoms with Gasteiger partial charge >= 0.3 is 6.03 Å². The summed E-state index contributed by atoms with van der Waals surface area (Å²) in [7, 11) is 1.77. The maximum absolute atomic E-state index is 11.8. The number of amides is 2. The van der Waals surface area contributed by atoms with Gasteiger partial charge in [0, 0.05) is 24.9 Å². The lowest BCUT2D eigenvalue weighted by Gasteiger charge is -2.23. The van der Waals surface area contributed by atoms with E-state index in [2.05, 4.69) is 10.3 Å². The van der Waals surface area contributed by atoms with Gasteiger partial charge in [-0.1, -0.05) is 6.42 Å². The molecule has 0 bridgehead atoms. The van der Waals surface area contributed by atoms with Gasteiger partial charge in [0.05, 0.1) is 23.9 Å². The summed E-state index contributed by atoms with van der Waals surface area (Å²) < 4.78 is 0. The van der Waals surface area contributed by atoms with E-state index in [1.807, 2.05) is 5.38 Å². The predicted octanol–water partition coefficient (Wildman–Crippen LogP) is 1.45. The Bertz CT molecular complexity index is 383. The first-order chi connectivity index (χ1) is 8.66. The molecule has 0 radical (unpaired) electrons. The molecular weight excluding hydrogens is 250 g/mol. The number of nitrogens with one attached hydrogen (secondary N) is 1. The molecule has 0 aromatic carbocycles. The van der Waals surface area contributed by atoms with Gasteiger partial charge < -0.3 is 15.3 Å². The first-order valence-electron chi connectivity index (χ1n) is 6.21. The third-order valence-electron chi connectivity index (χ3n) is 3.38. The summed E-state index contributed by atoms with van der Waals surface area (Å²) in [6.45, 7) is 1.07. The van der Waals surface area contributed by atoms with E-state index in [1.165, 1.54) is 11.3 Å². The fourth-order valence-corrected chi connectivity index (χ4v) is 2.85. The Morgan fingerprint density at radius 2 is 2.50 bits per heavy atom. The van der Waals surface area contributed by atoms with Crippen molar-refractivity contribution in [2.75, 3.05) is 13.6 Å². The minimum absolute atomic E-state index is 0.109. The Morgan fingerprint density at radius 3 is 3.11 bits per heavy atom. The Morgan fingerprint density at radius 1 is 1.67 bits per heavy atom. The van der Waals surface area contributed by atoms with E-state index in [0.29, 0.717) is 13.1 Å². The second-order valence-electron chi connectivity index (χ2n) is 4.78. The molecule has 0 spiro atoms. The zero-order valence-electron chi connectivity index (χ0n) is 10.5. The van der Waals surface area contributed by atoms with Crippen LogP contribution in [0.25, 0.3) is 0 Å². The second-order valence-corrected chi connectivity index (χ2v) is 5.50. The van der Waals surface area contributed by atoms with Crippen LogP contribution in [0.4, 0.5) is 4.79 Å². The van der Waals surface area contributed by atoms with Crippen molar-refractivity contribution in [3.05, 3.63) is 16.6 Å². The Hall–Kier alpha value is -1.14. The zero-order chi connectivity index (χ0) is 13.0. The first kappa shape index (κ1) is 13.3. The molecule has 2 rings (SSSR count). The molecular formula is C12H19N3O2S. The molecule has 18 heavy (non-hydrogen) atoms. The van der Waals surface area contributed by atoms with E-state index >= 15 is 0 Å². The molecule has 0 aliphatic heterocycles. The number of nitrogens with zero attached hydrogens (tertiary/aromatic N) is 2. The third kappa shape index (κ3) is 3.43. The average Bonchev–Trinajstić information content (AvgIpc) is 2.99. The molecule has 1 aromatic heterocycles. The molecule has 2 unspecified atom stereocenters. The van der Waals surface area contributed by atoms with E-state index in [1.54, 1.807) is 17.5 Å². The number of aliphatic hydroxyl groups excluding tert-OH is 1. The highest BCUT2D eigenvalue weighted by Crippen LogP contribution is 2.25. The first-order valence-corrected chi connectivity index (χ1v) is 7.15. The van der Waals surface area contributed by atoms with E-state index < -0.39 is 0 Å².